The molecule has 7 heteroatoms. The van der Waals surface area contributed by atoms with Crippen LogP contribution in [0.15, 0.2) is 48.5 Å². The fourth-order valence-corrected chi connectivity index (χ4v) is 2.83. The maximum atomic E-state index is 12.2. The molecular weight excluding hydrogens is 342 g/mol. The van der Waals surface area contributed by atoms with Crippen molar-refractivity contribution < 1.29 is 14.3 Å². The van der Waals surface area contributed by atoms with Gasteiger partial charge in [0.15, 0.2) is 0 Å². The number of anilines is 2. The lowest BCUT2D eigenvalue weighted by molar-refractivity contribution is -0.117. The number of rotatable bonds is 4. The van der Waals surface area contributed by atoms with E-state index in [0.717, 1.165) is 5.69 Å². The number of hydrogen-bond acceptors (Lipinski definition) is 3. The fraction of sp³-hybridized carbons (Fsp3) is 0.222. The maximum absolute atomic E-state index is 12.2. The topological polar surface area (TPSA) is 70.7 Å². The summed E-state index contributed by atoms with van der Waals surface area (Å²) in [5.74, 6) is 0.683. The van der Waals surface area contributed by atoms with Crippen LogP contribution in [0.4, 0.5) is 16.2 Å². The second kappa shape index (κ2) is 7.44. The van der Waals surface area contributed by atoms with Crippen LogP contribution in [0.1, 0.15) is 6.42 Å². The lowest BCUT2D eigenvalue weighted by Gasteiger charge is -2.17. The molecule has 2 N–H and O–H groups in total. The van der Waals surface area contributed by atoms with Gasteiger partial charge in [0, 0.05) is 29.4 Å². The van der Waals surface area contributed by atoms with Gasteiger partial charge in [0.2, 0.25) is 5.91 Å². The summed E-state index contributed by atoms with van der Waals surface area (Å²) in [5.41, 5.74) is 1.42. The van der Waals surface area contributed by atoms with Gasteiger partial charge in [-0.25, -0.2) is 4.79 Å². The highest BCUT2D eigenvalue weighted by atomic mass is 35.5. The smallest absolute Gasteiger partial charge is 0.319 e. The van der Waals surface area contributed by atoms with E-state index in [2.05, 4.69) is 10.6 Å². The molecule has 0 aliphatic carbocycles. The van der Waals surface area contributed by atoms with E-state index in [4.69, 9.17) is 16.3 Å². The first-order valence-corrected chi connectivity index (χ1v) is 8.20. The van der Waals surface area contributed by atoms with Crippen molar-refractivity contribution in [1.82, 2.24) is 5.32 Å². The van der Waals surface area contributed by atoms with Crippen LogP contribution in [-0.4, -0.2) is 31.6 Å². The molecule has 1 heterocycles. The SMILES string of the molecule is COc1ccc(NC(=O)NC2CC(=O)N(c3ccc(Cl)cc3)C2)cc1. The number of carbonyl (C=O) groups excluding carboxylic acids is 2. The zero-order valence-electron chi connectivity index (χ0n) is 13.7. The number of methoxy groups -OCH3 is 1. The summed E-state index contributed by atoms with van der Waals surface area (Å²) in [6.07, 6.45) is 0.263. The highest BCUT2D eigenvalue weighted by Crippen LogP contribution is 2.23. The number of amides is 3. The molecule has 1 aliphatic rings. The van der Waals surface area contributed by atoms with Crippen molar-refractivity contribution in [3.05, 3.63) is 53.6 Å². The second-order valence-corrected chi connectivity index (χ2v) is 6.15. The monoisotopic (exact) mass is 359 g/mol. The Morgan fingerprint density at radius 1 is 1.16 bits per heavy atom. The molecule has 0 saturated carbocycles. The third-order valence-corrected chi connectivity index (χ3v) is 4.20. The summed E-state index contributed by atoms with van der Waals surface area (Å²) in [6.45, 7) is 0.427. The second-order valence-electron chi connectivity index (χ2n) is 5.71. The number of halogens is 1. The molecule has 2 aromatic rings. The normalized spacial score (nSPS) is 16.6. The van der Waals surface area contributed by atoms with Crippen LogP contribution in [0.3, 0.4) is 0 Å². The lowest BCUT2D eigenvalue weighted by Crippen LogP contribution is -2.39. The summed E-state index contributed by atoms with van der Waals surface area (Å²) in [6, 6.07) is 13.5. The molecule has 130 valence electrons. The van der Waals surface area contributed by atoms with Crippen LogP contribution >= 0.6 is 11.6 Å². The zero-order valence-corrected chi connectivity index (χ0v) is 14.4. The minimum absolute atomic E-state index is 0.0305. The Morgan fingerprint density at radius 3 is 2.48 bits per heavy atom. The molecule has 0 bridgehead atoms. The van der Waals surface area contributed by atoms with Crippen LogP contribution in [0.2, 0.25) is 5.02 Å². The van der Waals surface area contributed by atoms with Gasteiger partial charge in [-0.05, 0) is 48.5 Å². The van der Waals surface area contributed by atoms with Crippen LogP contribution in [0.25, 0.3) is 0 Å². The van der Waals surface area contributed by atoms with Gasteiger partial charge in [-0.3, -0.25) is 4.79 Å². The van der Waals surface area contributed by atoms with E-state index in [-0.39, 0.29) is 24.4 Å². The minimum atomic E-state index is -0.346. The Balaban J connectivity index is 1.57. The van der Waals surface area contributed by atoms with Crippen molar-refractivity contribution in [2.75, 3.05) is 23.9 Å². The molecule has 2 aromatic carbocycles. The van der Waals surface area contributed by atoms with E-state index < -0.39 is 0 Å². The molecule has 1 fully saturated rings. The van der Waals surface area contributed by atoms with Crippen molar-refractivity contribution >= 4 is 34.9 Å². The standard InChI is InChI=1S/C18H18ClN3O3/c1-25-16-8-4-13(5-9-16)20-18(24)21-14-10-17(23)22(11-14)15-6-2-12(19)3-7-15/h2-9,14H,10-11H2,1H3,(H2,20,21,24). The van der Waals surface area contributed by atoms with E-state index >= 15 is 0 Å². The van der Waals surface area contributed by atoms with Gasteiger partial charge < -0.3 is 20.3 Å². The number of hydrogen-bond donors (Lipinski definition) is 2. The van der Waals surface area contributed by atoms with E-state index in [1.165, 1.54) is 0 Å². The third kappa shape index (κ3) is 4.22. The van der Waals surface area contributed by atoms with Crippen molar-refractivity contribution in [1.29, 1.82) is 0 Å². The molecule has 1 saturated heterocycles. The highest BCUT2D eigenvalue weighted by Gasteiger charge is 2.31. The molecule has 0 aromatic heterocycles. The Hall–Kier alpha value is -2.73. The molecule has 1 atom stereocenters. The van der Waals surface area contributed by atoms with E-state index in [0.29, 0.717) is 23.0 Å². The molecular formula is C18H18ClN3O3. The summed E-state index contributed by atoms with van der Waals surface area (Å²) < 4.78 is 5.08. The average Bonchev–Trinajstić information content (AvgIpc) is 2.96. The molecule has 1 aliphatic heterocycles. The summed E-state index contributed by atoms with van der Waals surface area (Å²) in [5, 5.41) is 6.19. The largest absolute Gasteiger partial charge is 0.497 e. The Bertz CT molecular complexity index is 762. The molecule has 6 nitrogen and oxygen atoms in total. The first kappa shape index (κ1) is 17.1. The van der Waals surface area contributed by atoms with Gasteiger partial charge in [-0.2, -0.15) is 0 Å². The molecule has 0 radical (unpaired) electrons. The van der Waals surface area contributed by atoms with Crippen LogP contribution in [0.5, 0.6) is 5.75 Å². The molecule has 3 amide bonds. The number of nitrogens with one attached hydrogen (secondary N) is 2. The van der Waals surface area contributed by atoms with Crippen LogP contribution in [-0.2, 0) is 4.79 Å². The Morgan fingerprint density at radius 2 is 1.84 bits per heavy atom. The summed E-state index contributed by atoms with van der Waals surface area (Å²) in [4.78, 5) is 26.0. The average molecular weight is 360 g/mol. The van der Waals surface area contributed by atoms with E-state index in [1.54, 1.807) is 60.5 Å². The van der Waals surface area contributed by atoms with Crippen LogP contribution in [0, 0.1) is 0 Å². The molecule has 25 heavy (non-hydrogen) atoms. The van der Waals surface area contributed by atoms with Gasteiger partial charge in [0.1, 0.15) is 5.75 Å². The van der Waals surface area contributed by atoms with E-state index in [1.807, 2.05) is 0 Å². The summed E-state index contributed by atoms with van der Waals surface area (Å²) >= 11 is 5.87. The molecule has 1 unspecified atom stereocenters. The first-order chi connectivity index (χ1) is 12.0. The van der Waals surface area contributed by atoms with Gasteiger partial charge >= 0.3 is 6.03 Å². The van der Waals surface area contributed by atoms with Crippen molar-refractivity contribution in [3.63, 3.8) is 0 Å². The van der Waals surface area contributed by atoms with Crippen molar-refractivity contribution in [2.24, 2.45) is 0 Å². The first-order valence-electron chi connectivity index (χ1n) is 7.82. The quantitative estimate of drug-likeness (QED) is 0.880. The Labute approximate surface area is 150 Å². The molecule has 0 spiro atoms. The van der Waals surface area contributed by atoms with Gasteiger partial charge in [0.05, 0.1) is 13.2 Å². The van der Waals surface area contributed by atoms with Crippen molar-refractivity contribution in [2.45, 2.75) is 12.5 Å². The Kier molecular flexibility index (Phi) is 5.09. The highest BCUT2D eigenvalue weighted by molar-refractivity contribution is 6.30. The maximum Gasteiger partial charge on any atom is 0.319 e. The zero-order chi connectivity index (χ0) is 17.8. The van der Waals surface area contributed by atoms with Crippen molar-refractivity contribution in [3.8, 4) is 5.75 Å². The number of ether oxygens (including phenoxy) is 1. The number of carbonyl (C=O) groups is 2. The van der Waals surface area contributed by atoms with Gasteiger partial charge in [0.25, 0.3) is 0 Å². The van der Waals surface area contributed by atoms with Gasteiger partial charge in [-0.15, -0.1) is 0 Å². The van der Waals surface area contributed by atoms with Gasteiger partial charge in [-0.1, -0.05) is 11.6 Å². The molecule has 3 rings (SSSR count). The number of urea groups is 1. The van der Waals surface area contributed by atoms with Crippen LogP contribution < -0.4 is 20.3 Å². The minimum Gasteiger partial charge on any atom is -0.497 e. The van der Waals surface area contributed by atoms with E-state index in [9.17, 15) is 9.59 Å². The predicted octanol–water partition coefficient (Wildman–Crippen LogP) is 3.28. The fourth-order valence-electron chi connectivity index (χ4n) is 2.70. The lowest BCUT2D eigenvalue weighted by atomic mass is 10.2. The summed E-state index contributed by atoms with van der Waals surface area (Å²) in [7, 11) is 1.58. The third-order valence-electron chi connectivity index (χ3n) is 3.95. The number of nitrogens with zero attached hydrogens (tertiary/aromatic N) is 1. The number of benzene rings is 2. The predicted molar refractivity (Wildman–Crippen MR) is 97.4 cm³/mol.